The summed E-state index contributed by atoms with van der Waals surface area (Å²) in [5, 5.41) is 13.9. The van der Waals surface area contributed by atoms with E-state index in [1.54, 1.807) is 11.3 Å². The van der Waals surface area contributed by atoms with Gasteiger partial charge in [-0.3, -0.25) is 4.90 Å². The number of aliphatic hydroxyl groups excluding tert-OH is 1. The highest BCUT2D eigenvalue weighted by atomic mass is 32.1. The molecule has 0 radical (unpaired) electrons. The van der Waals surface area contributed by atoms with Crippen LogP contribution in [0.4, 0.5) is 0 Å². The summed E-state index contributed by atoms with van der Waals surface area (Å²) in [5.41, 5.74) is 1.17. The lowest BCUT2D eigenvalue weighted by Crippen LogP contribution is -2.33. The first kappa shape index (κ1) is 15.9. The van der Waals surface area contributed by atoms with E-state index in [0.717, 1.165) is 31.2 Å². The zero-order chi connectivity index (χ0) is 14.4. The molecule has 1 aliphatic rings. The van der Waals surface area contributed by atoms with Crippen molar-refractivity contribution < 1.29 is 5.11 Å². The van der Waals surface area contributed by atoms with E-state index < -0.39 is 0 Å². The molecule has 1 aromatic rings. The first-order chi connectivity index (χ1) is 9.70. The smallest absolute Gasteiger partial charge is 0.0900 e. The fourth-order valence-corrected chi connectivity index (χ4v) is 3.81. The van der Waals surface area contributed by atoms with Gasteiger partial charge in [-0.1, -0.05) is 0 Å². The Morgan fingerprint density at radius 1 is 1.40 bits per heavy atom. The molecule has 0 aliphatic carbocycles. The van der Waals surface area contributed by atoms with Crippen LogP contribution >= 0.6 is 11.3 Å². The fraction of sp³-hybridized carbons (Fsp3) is 0.800. The van der Waals surface area contributed by atoms with Crippen molar-refractivity contribution in [3.05, 3.63) is 15.6 Å². The van der Waals surface area contributed by atoms with Gasteiger partial charge in [0.25, 0.3) is 0 Å². The highest BCUT2D eigenvalue weighted by molar-refractivity contribution is 7.11. The summed E-state index contributed by atoms with van der Waals surface area (Å²) in [4.78, 5) is 8.25. The van der Waals surface area contributed by atoms with Gasteiger partial charge in [0.15, 0.2) is 0 Å². The van der Waals surface area contributed by atoms with E-state index in [0.29, 0.717) is 12.6 Å². The van der Waals surface area contributed by atoms with E-state index >= 15 is 0 Å². The summed E-state index contributed by atoms with van der Waals surface area (Å²) in [5.74, 6) is 0. The molecule has 0 saturated carbocycles. The lowest BCUT2D eigenvalue weighted by atomic mass is 10.2. The molecule has 4 nitrogen and oxygen atoms in total. The van der Waals surface area contributed by atoms with Crippen LogP contribution in [0, 0.1) is 13.8 Å². The maximum absolute atomic E-state index is 9.27. The van der Waals surface area contributed by atoms with Crippen LogP contribution in [0.3, 0.4) is 0 Å². The molecule has 5 heteroatoms. The Balaban J connectivity index is 1.55. The zero-order valence-electron chi connectivity index (χ0n) is 12.7. The van der Waals surface area contributed by atoms with Crippen molar-refractivity contribution in [2.75, 3.05) is 26.2 Å². The molecular formula is C15H27N3OS. The van der Waals surface area contributed by atoms with E-state index in [9.17, 15) is 5.11 Å². The maximum Gasteiger partial charge on any atom is 0.0900 e. The Bertz CT molecular complexity index is 408. The van der Waals surface area contributed by atoms with Gasteiger partial charge in [0.1, 0.15) is 0 Å². The number of hydrogen-bond acceptors (Lipinski definition) is 5. The molecule has 0 aromatic carbocycles. The van der Waals surface area contributed by atoms with E-state index in [1.807, 2.05) is 0 Å². The average molecular weight is 297 g/mol. The molecule has 0 amide bonds. The van der Waals surface area contributed by atoms with E-state index in [1.165, 1.54) is 36.3 Å². The van der Waals surface area contributed by atoms with Crippen molar-refractivity contribution in [2.24, 2.45) is 0 Å². The van der Waals surface area contributed by atoms with Crippen molar-refractivity contribution >= 4 is 11.3 Å². The molecule has 2 rings (SSSR count). The Labute approximate surface area is 126 Å². The summed E-state index contributed by atoms with van der Waals surface area (Å²) < 4.78 is 0. The second kappa shape index (κ2) is 8.08. The number of unbranched alkanes of at least 4 members (excludes halogenated alkanes) is 1. The average Bonchev–Trinajstić information content (AvgIpc) is 3.00. The largest absolute Gasteiger partial charge is 0.395 e. The van der Waals surface area contributed by atoms with Crippen LogP contribution < -0.4 is 5.32 Å². The summed E-state index contributed by atoms with van der Waals surface area (Å²) in [7, 11) is 0. The number of nitrogens with zero attached hydrogens (tertiary/aromatic N) is 2. The lowest BCUT2D eigenvalue weighted by molar-refractivity contribution is 0.157. The number of likely N-dealkylation sites (tertiary alicyclic amines) is 1. The van der Waals surface area contributed by atoms with Gasteiger partial charge in [-0.25, -0.2) is 4.98 Å². The molecule has 0 spiro atoms. The van der Waals surface area contributed by atoms with Gasteiger partial charge in [-0.2, -0.15) is 0 Å². The number of rotatable bonds is 8. The van der Waals surface area contributed by atoms with Gasteiger partial charge in [-0.05, 0) is 59.2 Å². The number of nitrogens with one attached hydrogen (secondary N) is 1. The molecule has 2 N–H and O–H groups in total. The molecule has 1 atom stereocenters. The van der Waals surface area contributed by atoms with Gasteiger partial charge >= 0.3 is 0 Å². The second-order valence-corrected chi connectivity index (χ2v) is 6.93. The Morgan fingerprint density at radius 3 is 2.95 bits per heavy atom. The highest BCUT2D eigenvalue weighted by Crippen LogP contribution is 2.17. The third-order valence-electron chi connectivity index (χ3n) is 4.04. The molecule has 1 unspecified atom stereocenters. The summed E-state index contributed by atoms with van der Waals surface area (Å²) in [6.07, 6.45) is 4.82. The molecular weight excluding hydrogens is 270 g/mol. The minimum atomic E-state index is 0.322. The Kier molecular flexibility index (Phi) is 6.42. The maximum atomic E-state index is 9.27. The zero-order valence-corrected chi connectivity index (χ0v) is 13.5. The van der Waals surface area contributed by atoms with Crippen LogP contribution in [0.25, 0.3) is 0 Å². The molecule has 1 aliphatic heterocycles. The predicted octanol–water partition coefficient (Wildman–Crippen LogP) is 2.09. The van der Waals surface area contributed by atoms with Crippen molar-refractivity contribution in [1.82, 2.24) is 15.2 Å². The number of aromatic nitrogens is 1. The molecule has 20 heavy (non-hydrogen) atoms. The number of aliphatic hydroxyl groups is 1. The highest BCUT2D eigenvalue weighted by Gasteiger charge is 2.22. The SMILES string of the molecule is Cc1nc(C)c(CNCCCCN2CCCC2CO)s1. The summed E-state index contributed by atoms with van der Waals surface area (Å²) in [6, 6.07) is 0.422. The monoisotopic (exact) mass is 297 g/mol. The van der Waals surface area contributed by atoms with Crippen LogP contribution in [0.5, 0.6) is 0 Å². The van der Waals surface area contributed by atoms with Crippen LogP contribution in [-0.4, -0.2) is 47.3 Å². The van der Waals surface area contributed by atoms with Crippen molar-refractivity contribution in [2.45, 2.75) is 52.1 Å². The van der Waals surface area contributed by atoms with Crippen molar-refractivity contribution in [1.29, 1.82) is 0 Å². The minimum absolute atomic E-state index is 0.322. The molecule has 0 bridgehead atoms. The normalized spacial score (nSPS) is 19.9. The third-order valence-corrected chi connectivity index (χ3v) is 5.12. The quantitative estimate of drug-likeness (QED) is 0.721. The van der Waals surface area contributed by atoms with Crippen molar-refractivity contribution in [3.8, 4) is 0 Å². The molecule has 1 saturated heterocycles. The van der Waals surface area contributed by atoms with Crippen LogP contribution in [0.2, 0.25) is 0 Å². The van der Waals surface area contributed by atoms with Crippen molar-refractivity contribution in [3.63, 3.8) is 0 Å². The number of thiazole rings is 1. The van der Waals surface area contributed by atoms with Gasteiger partial charge in [0.2, 0.25) is 0 Å². The first-order valence-electron chi connectivity index (χ1n) is 7.69. The van der Waals surface area contributed by atoms with Crippen LogP contribution in [-0.2, 0) is 6.54 Å². The third kappa shape index (κ3) is 4.52. The minimum Gasteiger partial charge on any atom is -0.395 e. The predicted molar refractivity (Wildman–Crippen MR) is 84.2 cm³/mol. The van der Waals surface area contributed by atoms with E-state index in [-0.39, 0.29) is 0 Å². The number of hydrogen-bond donors (Lipinski definition) is 2. The molecule has 114 valence electrons. The first-order valence-corrected chi connectivity index (χ1v) is 8.51. The van der Waals surface area contributed by atoms with Gasteiger partial charge in [0, 0.05) is 17.5 Å². The summed E-state index contributed by atoms with van der Waals surface area (Å²) in [6.45, 7) is 8.78. The topological polar surface area (TPSA) is 48.4 Å². The van der Waals surface area contributed by atoms with Crippen LogP contribution in [0.15, 0.2) is 0 Å². The molecule has 1 aromatic heterocycles. The second-order valence-electron chi connectivity index (χ2n) is 5.64. The standard InChI is InChI=1S/C15H27N3OS/c1-12-15(20-13(2)17-12)10-16-7-3-4-8-18-9-5-6-14(18)11-19/h14,16,19H,3-11H2,1-2H3. The number of aryl methyl sites for hydroxylation is 2. The van der Waals surface area contributed by atoms with Gasteiger partial charge in [0.05, 0.1) is 17.3 Å². The molecule has 2 heterocycles. The fourth-order valence-electron chi connectivity index (χ4n) is 2.90. The van der Waals surface area contributed by atoms with Gasteiger partial charge in [-0.15, -0.1) is 11.3 Å². The molecule has 1 fully saturated rings. The summed E-state index contributed by atoms with van der Waals surface area (Å²) >= 11 is 1.79. The van der Waals surface area contributed by atoms with Gasteiger partial charge < -0.3 is 10.4 Å². The van der Waals surface area contributed by atoms with E-state index in [4.69, 9.17) is 0 Å². The van der Waals surface area contributed by atoms with Crippen LogP contribution in [0.1, 0.15) is 41.3 Å². The Morgan fingerprint density at radius 2 is 2.25 bits per heavy atom. The lowest BCUT2D eigenvalue weighted by Gasteiger charge is -2.22. The van der Waals surface area contributed by atoms with E-state index in [2.05, 4.69) is 29.0 Å². The Hall–Kier alpha value is -0.490.